The smallest absolute Gasteiger partial charge is 0.126 e. The van der Waals surface area contributed by atoms with Gasteiger partial charge in [0.25, 0.3) is 0 Å². The highest BCUT2D eigenvalue weighted by atomic mass is 16.5. The van der Waals surface area contributed by atoms with Crippen molar-refractivity contribution >= 4 is 5.82 Å². The van der Waals surface area contributed by atoms with Gasteiger partial charge in [-0.1, -0.05) is 12.1 Å². The minimum absolute atomic E-state index is 0.492. The lowest BCUT2D eigenvalue weighted by Gasteiger charge is -2.20. The highest BCUT2D eigenvalue weighted by Crippen LogP contribution is 2.34. The van der Waals surface area contributed by atoms with Crippen molar-refractivity contribution in [3.8, 4) is 16.9 Å². The number of likely N-dealkylation sites (tertiary alicyclic amines) is 1. The molecule has 0 bridgehead atoms. The van der Waals surface area contributed by atoms with Crippen LogP contribution in [0, 0.1) is 6.92 Å². The van der Waals surface area contributed by atoms with Gasteiger partial charge in [-0.15, -0.1) is 0 Å². The lowest BCUT2D eigenvalue weighted by atomic mass is 9.97. The highest BCUT2D eigenvalue weighted by molar-refractivity contribution is 5.68. The number of aromatic nitrogens is 3. The van der Waals surface area contributed by atoms with Crippen LogP contribution in [0.25, 0.3) is 11.1 Å². The van der Waals surface area contributed by atoms with Crippen molar-refractivity contribution in [3.63, 3.8) is 0 Å². The number of H-pyrrole nitrogens is 1. The number of methoxy groups -OCH3 is 1. The van der Waals surface area contributed by atoms with Crippen LogP contribution < -0.4 is 10.1 Å². The Morgan fingerprint density at radius 1 is 1.27 bits per heavy atom. The molecule has 0 aliphatic carbocycles. The molecule has 0 amide bonds. The molecule has 30 heavy (non-hydrogen) atoms. The summed E-state index contributed by atoms with van der Waals surface area (Å²) in [5.74, 6) is 2.23. The lowest BCUT2D eigenvalue weighted by molar-refractivity contribution is 0.272. The third-order valence-electron chi connectivity index (χ3n) is 6.00. The number of nitrogens with one attached hydrogen (secondary N) is 2. The molecule has 4 rings (SSSR count). The average molecular weight is 406 g/mol. The number of anilines is 1. The van der Waals surface area contributed by atoms with Gasteiger partial charge < -0.3 is 15.0 Å². The van der Waals surface area contributed by atoms with Crippen LogP contribution in [0.5, 0.6) is 5.75 Å². The second kappa shape index (κ2) is 8.88. The molecule has 0 unspecified atom stereocenters. The Hall–Kier alpha value is -2.86. The van der Waals surface area contributed by atoms with E-state index in [-0.39, 0.29) is 0 Å². The number of rotatable bonds is 7. The largest absolute Gasteiger partial charge is 0.496 e. The number of hydrogen-bond donors (Lipinski definition) is 2. The van der Waals surface area contributed by atoms with Gasteiger partial charge in [-0.3, -0.25) is 5.10 Å². The molecule has 1 fully saturated rings. The lowest BCUT2D eigenvalue weighted by Crippen LogP contribution is -2.28. The number of benzene rings is 1. The van der Waals surface area contributed by atoms with Crippen LogP contribution >= 0.6 is 0 Å². The average Bonchev–Trinajstić information content (AvgIpc) is 3.42. The van der Waals surface area contributed by atoms with Crippen LogP contribution in [-0.2, 0) is 6.54 Å². The second-order valence-corrected chi connectivity index (χ2v) is 8.37. The van der Waals surface area contributed by atoms with Crippen LogP contribution in [0.1, 0.15) is 43.0 Å². The molecule has 3 heterocycles. The van der Waals surface area contributed by atoms with Gasteiger partial charge in [-0.25, -0.2) is 4.98 Å². The second-order valence-electron chi connectivity index (χ2n) is 8.37. The molecular formula is C24H31N5O. The molecule has 1 saturated heterocycles. The van der Waals surface area contributed by atoms with Gasteiger partial charge in [0.05, 0.1) is 13.3 Å². The number of ether oxygens (including phenoxy) is 1. The first-order valence-electron chi connectivity index (χ1n) is 10.7. The van der Waals surface area contributed by atoms with E-state index < -0.39 is 0 Å². The maximum Gasteiger partial charge on any atom is 0.126 e. The number of hydrogen-bond acceptors (Lipinski definition) is 5. The van der Waals surface area contributed by atoms with Crippen molar-refractivity contribution in [2.24, 2.45) is 0 Å². The van der Waals surface area contributed by atoms with E-state index in [0.717, 1.165) is 42.2 Å². The summed E-state index contributed by atoms with van der Waals surface area (Å²) >= 11 is 0. The summed E-state index contributed by atoms with van der Waals surface area (Å²) in [5.41, 5.74) is 5.83. The van der Waals surface area contributed by atoms with Crippen molar-refractivity contribution in [3.05, 3.63) is 59.5 Å². The maximum absolute atomic E-state index is 5.52. The van der Waals surface area contributed by atoms with Crippen molar-refractivity contribution in [1.29, 1.82) is 0 Å². The molecule has 6 nitrogen and oxygen atoms in total. The minimum atomic E-state index is 0.492. The van der Waals surface area contributed by atoms with Crippen LogP contribution in [0.3, 0.4) is 0 Å². The Balaban J connectivity index is 1.51. The van der Waals surface area contributed by atoms with Gasteiger partial charge in [0, 0.05) is 48.1 Å². The van der Waals surface area contributed by atoms with Gasteiger partial charge in [0.2, 0.25) is 0 Å². The molecule has 6 heteroatoms. The predicted molar refractivity (Wildman–Crippen MR) is 121 cm³/mol. The van der Waals surface area contributed by atoms with Crippen molar-refractivity contribution in [1.82, 2.24) is 20.1 Å². The molecule has 3 aromatic rings. The number of pyridine rings is 1. The molecule has 2 aromatic heterocycles. The molecule has 1 aliphatic heterocycles. The monoisotopic (exact) mass is 405 g/mol. The van der Waals surface area contributed by atoms with Gasteiger partial charge in [-0.05, 0) is 63.1 Å². The Morgan fingerprint density at radius 2 is 2.13 bits per heavy atom. The molecule has 0 saturated carbocycles. The Bertz CT molecular complexity index is 997. The van der Waals surface area contributed by atoms with Crippen molar-refractivity contribution in [2.75, 3.05) is 25.5 Å². The van der Waals surface area contributed by atoms with Crippen LogP contribution in [0.2, 0.25) is 0 Å². The van der Waals surface area contributed by atoms with E-state index >= 15 is 0 Å². The zero-order valence-corrected chi connectivity index (χ0v) is 18.3. The van der Waals surface area contributed by atoms with Crippen LogP contribution in [0.4, 0.5) is 5.82 Å². The summed E-state index contributed by atoms with van der Waals surface area (Å²) in [6, 6.07) is 11.0. The molecule has 1 aromatic carbocycles. The third kappa shape index (κ3) is 4.33. The summed E-state index contributed by atoms with van der Waals surface area (Å²) in [6.07, 6.45) is 4.96. The molecular weight excluding hydrogens is 374 g/mol. The van der Waals surface area contributed by atoms with Gasteiger partial charge >= 0.3 is 0 Å². The number of aryl methyl sites for hydroxylation is 1. The number of nitrogens with zero attached hydrogens (tertiary/aromatic N) is 3. The first-order valence-corrected chi connectivity index (χ1v) is 10.7. The topological polar surface area (TPSA) is 66.1 Å². The zero-order valence-electron chi connectivity index (χ0n) is 18.3. The van der Waals surface area contributed by atoms with E-state index in [1.807, 2.05) is 12.4 Å². The fourth-order valence-corrected chi connectivity index (χ4v) is 4.21. The predicted octanol–water partition coefficient (Wildman–Crippen LogP) is 4.60. The van der Waals surface area contributed by atoms with Gasteiger partial charge in [0.1, 0.15) is 11.6 Å². The summed E-state index contributed by atoms with van der Waals surface area (Å²) < 4.78 is 5.52. The van der Waals surface area contributed by atoms with Crippen molar-refractivity contribution < 1.29 is 4.74 Å². The van der Waals surface area contributed by atoms with E-state index in [9.17, 15) is 0 Å². The summed E-state index contributed by atoms with van der Waals surface area (Å²) in [4.78, 5) is 7.04. The van der Waals surface area contributed by atoms with E-state index in [1.165, 1.54) is 16.8 Å². The maximum atomic E-state index is 5.52. The Morgan fingerprint density at radius 3 is 2.90 bits per heavy atom. The molecule has 1 aliphatic rings. The molecule has 2 N–H and O–H groups in total. The molecule has 0 radical (unpaired) electrons. The first-order chi connectivity index (χ1) is 14.5. The Labute approximate surface area is 178 Å². The fraction of sp³-hybridized carbons (Fsp3) is 0.417. The standard InChI is InChI=1S/C24H31N5O/c1-16(2)29-10-8-20(15-29)24-21(14-27-28-24)18-7-9-25-23(12-18)26-13-19-6-5-17(3)11-22(19)30-4/h5-7,9,11-12,14,16,20H,8,10,13,15H2,1-4H3,(H,25,26)(H,27,28)/t20-/m0/s1. The summed E-state index contributed by atoms with van der Waals surface area (Å²) in [7, 11) is 1.71. The van der Waals surface area contributed by atoms with Gasteiger partial charge in [-0.2, -0.15) is 5.10 Å². The normalized spacial score (nSPS) is 16.9. The summed E-state index contributed by atoms with van der Waals surface area (Å²) in [5, 5.41) is 11.1. The van der Waals surface area contributed by atoms with Gasteiger partial charge in [0.15, 0.2) is 0 Å². The van der Waals surface area contributed by atoms with Crippen molar-refractivity contribution in [2.45, 2.75) is 45.7 Å². The minimum Gasteiger partial charge on any atom is -0.496 e. The quantitative estimate of drug-likeness (QED) is 0.601. The number of aromatic amines is 1. The molecule has 0 spiro atoms. The zero-order chi connectivity index (χ0) is 21.1. The molecule has 1 atom stereocenters. The first kappa shape index (κ1) is 20.4. The molecule has 158 valence electrons. The van der Waals surface area contributed by atoms with E-state index in [1.54, 1.807) is 7.11 Å². The SMILES string of the molecule is COc1cc(C)ccc1CNc1cc(-c2cn[nH]c2[C@H]2CCN(C(C)C)C2)ccn1. The third-order valence-corrected chi connectivity index (χ3v) is 6.00. The van der Waals surface area contributed by atoms with E-state index in [4.69, 9.17) is 4.74 Å². The van der Waals surface area contributed by atoms with E-state index in [2.05, 4.69) is 76.5 Å². The van der Waals surface area contributed by atoms with Crippen LogP contribution in [0.15, 0.2) is 42.7 Å². The Kier molecular flexibility index (Phi) is 6.04. The summed E-state index contributed by atoms with van der Waals surface area (Å²) in [6.45, 7) is 9.47. The van der Waals surface area contributed by atoms with E-state index in [0.29, 0.717) is 18.5 Å². The highest BCUT2D eigenvalue weighted by Gasteiger charge is 2.28. The fourth-order valence-electron chi connectivity index (χ4n) is 4.21. The van der Waals surface area contributed by atoms with Crippen LogP contribution in [-0.4, -0.2) is 46.3 Å².